The van der Waals surface area contributed by atoms with E-state index in [0.717, 1.165) is 58.6 Å². The van der Waals surface area contributed by atoms with E-state index < -0.39 is 0 Å². The second-order valence-electron chi connectivity index (χ2n) is 8.32. The number of thiophene rings is 2. The van der Waals surface area contributed by atoms with Gasteiger partial charge in [-0.05, 0) is 73.3 Å². The van der Waals surface area contributed by atoms with E-state index in [0.29, 0.717) is 16.8 Å². The van der Waals surface area contributed by atoms with Gasteiger partial charge < -0.3 is 5.73 Å². The summed E-state index contributed by atoms with van der Waals surface area (Å²) >= 11 is 4.08. The van der Waals surface area contributed by atoms with Crippen molar-refractivity contribution in [2.24, 2.45) is 5.14 Å². The molecule has 0 bridgehead atoms. The molecule has 0 fully saturated rings. The Hall–Kier alpha value is -2.97. The Bertz CT molecular complexity index is 1550. The van der Waals surface area contributed by atoms with Crippen molar-refractivity contribution < 1.29 is 8.78 Å². The molecule has 0 aliphatic rings. The lowest BCUT2D eigenvalue weighted by molar-refractivity contribution is 0.630. The number of hydrogen-bond donors (Lipinski definition) is 2. The summed E-state index contributed by atoms with van der Waals surface area (Å²) in [5.41, 5.74) is 11.8. The number of benzene rings is 3. The van der Waals surface area contributed by atoms with E-state index in [2.05, 4.69) is 0 Å². The standard InChI is InChI=1S/C28H22F2N2S3/c1-15-3-5-17(21(29)13-15)23-9-11-25(33-23)19-7-8-20(28(35-32)27(19)31)26-12-10-24(34-26)18-6-4-16(2)14-22(18)30/h3-14H,31-32H2,1-2H3. The van der Waals surface area contributed by atoms with Crippen molar-refractivity contribution in [1.82, 2.24) is 0 Å². The van der Waals surface area contributed by atoms with Crippen molar-refractivity contribution in [3.05, 3.63) is 95.6 Å². The van der Waals surface area contributed by atoms with E-state index in [1.165, 1.54) is 22.7 Å². The van der Waals surface area contributed by atoms with E-state index in [-0.39, 0.29) is 11.6 Å². The minimum atomic E-state index is -0.238. The van der Waals surface area contributed by atoms with Crippen LogP contribution in [0.3, 0.4) is 0 Å². The van der Waals surface area contributed by atoms with Gasteiger partial charge in [-0.15, -0.1) is 22.7 Å². The highest BCUT2D eigenvalue weighted by Crippen LogP contribution is 2.45. The Labute approximate surface area is 215 Å². The number of aryl methyl sites for hydroxylation is 2. The highest BCUT2D eigenvalue weighted by atomic mass is 32.2. The van der Waals surface area contributed by atoms with Gasteiger partial charge in [0.1, 0.15) is 11.6 Å². The molecule has 0 saturated carbocycles. The lowest BCUT2D eigenvalue weighted by Gasteiger charge is -2.12. The fraction of sp³-hybridized carbons (Fsp3) is 0.0714. The van der Waals surface area contributed by atoms with Gasteiger partial charge in [0.25, 0.3) is 0 Å². The molecule has 0 spiro atoms. The quantitative estimate of drug-likeness (QED) is 0.180. The second kappa shape index (κ2) is 9.59. The molecule has 176 valence electrons. The van der Waals surface area contributed by atoms with Crippen LogP contribution in [0.5, 0.6) is 0 Å². The maximum atomic E-state index is 14.5. The molecular formula is C28H22F2N2S3. The molecule has 0 atom stereocenters. The Morgan fingerprint density at radius 2 is 1.00 bits per heavy atom. The lowest BCUT2D eigenvalue weighted by atomic mass is 10.1. The maximum absolute atomic E-state index is 14.5. The van der Waals surface area contributed by atoms with E-state index in [4.69, 9.17) is 10.9 Å². The van der Waals surface area contributed by atoms with Crippen molar-refractivity contribution in [3.8, 4) is 41.8 Å². The van der Waals surface area contributed by atoms with Crippen LogP contribution in [0.2, 0.25) is 0 Å². The summed E-state index contributed by atoms with van der Waals surface area (Å²) in [5, 5.41) is 6.06. The Morgan fingerprint density at radius 1 is 0.600 bits per heavy atom. The van der Waals surface area contributed by atoms with Gasteiger partial charge in [0.2, 0.25) is 0 Å². The third-order valence-electron chi connectivity index (χ3n) is 5.84. The zero-order chi connectivity index (χ0) is 24.7. The van der Waals surface area contributed by atoms with E-state index in [1.807, 2.05) is 68.4 Å². The number of anilines is 1. The molecule has 5 aromatic rings. The van der Waals surface area contributed by atoms with Crippen LogP contribution in [0, 0.1) is 25.5 Å². The third kappa shape index (κ3) is 4.52. The van der Waals surface area contributed by atoms with E-state index in [9.17, 15) is 8.78 Å². The van der Waals surface area contributed by atoms with Gasteiger partial charge in [0.15, 0.2) is 0 Å². The molecule has 3 aromatic carbocycles. The van der Waals surface area contributed by atoms with Crippen LogP contribution in [-0.2, 0) is 0 Å². The predicted molar refractivity (Wildman–Crippen MR) is 148 cm³/mol. The molecule has 0 unspecified atom stereocenters. The molecule has 0 aliphatic carbocycles. The first-order valence-electron chi connectivity index (χ1n) is 10.9. The smallest absolute Gasteiger partial charge is 0.132 e. The fourth-order valence-corrected chi connectivity index (χ4v) is 6.77. The van der Waals surface area contributed by atoms with Crippen LogP contribution in [0.1, 0.15) is 11.1 Å². The summed E-state index contributed by atoms with van der Waals surface area (Å²) in [6.45, 7) is 3.74. The SMILES string of the molecule is Cc1ccc(-c2ccc(-c3ccc(-c4ccc(-c5ccc(C)cc5F)s4)c(SN)c3N)s2)c(F)c1. The van der Waals surface area contributed by atoms with E-state index in [1.54, 1.807) is 18.2 Å². The molecule has 4 N–H and O–H groups in total. The molecule has 2 heterocycles. The predicted octanol–water partition coefficient (Wildman–Crippen LogP) is 8.92. The normalized spacial score (nSPS) is 11.2. The van der Waals surface area contributed by atoms with Gasteiger partial charge in [-0.3, -0.25) is 5.14 Å². The van der Waals surface area contributed by atoms with Crippen LogP contribution >= 0.6 is 34.6 Å². The summed E-state index contributed by atoms with van der Waals surface area (Å²) in [7, 11) is 0. The zero-order valence-corrected chi connectivity index (χ0v) is 21.5. The molecule has 0 aliphatic heterocycles. The highest BCUT2D eigenvalue weighted by molar-refractivity contribution is 7.97. The summed E-state index contributed by atoms with van der Waals surface area (Å²) in [6, 6.07) is 22.2. The van der Waals surface area contributed by atoms with Gasteiger partial charge in [-0.1, -0.05) is 36.4 Å². The minimum Gasteiger partial charge on any atom is -0.397 e. The third-order valence-corrected chi connectivity index (χ3v) is 8.82. The summed E-state index contributed by atoms with van der Waals surface area (Å²) in [6.07, 6.45) is 0. The van der Waals surface area contributed by atoms with Crippen LogP contribution in [-0.4, -0.2) is 0 Å². The largest absolute Gasteiger partial charge is 0.397 e. The average molecular weight is 521 g/mol. The van der Waals surface area contributed by atoms with Crippen LogP contribution in [0.4, 0.5) is 14.5 Å². The van der Waals surface area contributed by atoms with Crippen molar-refractivity contribution in [1.29, 1.82) is 0 Å². The Balaban J connectivity index is 1.52. The maximum Gasteiger partial charge on any atom is 0.132 e. The summed E-state index contributed by atoms with van der Waals surface area (Å²) in [5.74, 6) is -0.473. The van der Waals surface area contributed by atoms with Crippen LogP contribution < -0.4 is 10.9 Å². The van der Waals surface area contributed by atoms with Gasteiger partial charge in [0.05, 0.1) is 10.6 Å². The van der Waals surface area contributed by atoms with Gasteiger partial charge in [-0.25, -0.2) is 8.78 Å². The van der Waals surface area contributed by atoms with Crippen molar-refractivity contribution in [3.63, 3.8) is 0 Å². The first-order valence-corrected chi connectivity index (χ1v) is 13.4. The van der Waals surface area contributed by atoms with Gasteiger partial charge in [-0.2, -0.15) is 0 Å². The van der Waals surface area contributed by atoms with Crippen molar-refractivity contribution in [2.75, 3.05) is 5.73 Å². The van der Waals surface area contributed by atoms with Crippen molar-refractivity contribution >= 4 is 40.3 Å². The molecule has 2 aromatic heterocycles. The molecule has 5 rings (SSSR count). The lowest BCUT2D eigenvalue weighted by Crippen LogP contribution is -1.96. The zero-order valence-electron chi connectivity index (χ0n) is 19.1. The number of nitrogens with two attached hydrogens (primary N) is 2. The first-order chi connectivity index (χ1) is 16.9. The summed E-state index contributed by atoms with van der Waals surface area (Å²) in [4.78, 5) is 4.34. The highest BCUT2D eigenvalue weighted by Gasteiger charge is 2.18. The molecule has 35 heavy (non-hydrogen) atoms. The van der Waals surface area contributed by atoms with Crippen molar-refractivity contribution in [2.45, 2.75) is 18.7 Å². The molecule has 0 radical (unpaired) electrons. The average Bonchev–Trinajstić information content (AvgIpc) is 3.49. The van der Waals surface area contributed by atoms with Gasteiger partial charge >= 0.3 is 0 Å². The molecule has 2 nitrogen and oxygen atoms in total. The molecular weight excluding hydrogens is 499 g/mol. The number of rotatable bonds is 5. The number of nitrogen functional groups attached to an aromatic ring is 1. The van der Waals surface area contributed by atoms with Gasteiger partial charge in [0, 0.05) is 41.8 Å². The van der Waals surface area contributed by atoms with Crippen LogP contribution in [0.25, 0.3) is 41.8 Å². The molecule has 7 heteroatoms. The Morgan fingerprint density at radius 3 is 1.46 bits per heavy atom. The second-order valence-corrected chi connectivity index (χ2v) is 11.1. The number of hydrogen-bond acceptors (Lipinski definition) is 5. The number of halogens is 2. The minimum absolute atomic E-state index is 0.236. The Kier molecular flexibility index (Phi) is 6.51. The topological polar surface area (TPSA) is 52.0 Å². The monoisotopic (exact) mass is 520 g/mol. The first kappa shape index (κ1) is 23.8. The molecule has 0 amide bonds. The van der Waals surface area contributed by atoms with Crippen LogP contribution in [0.15, 0.2) is 77.7 Å². The summed E-state index contributed by atoms with van der Waals surface area (Å²) < 4.78 is 29.0. The molecule has 0 saturated heterocycles. The van der Waals surface area contributed by atoms with E-state index >= 15 is 0 Å². The fourth-order valence-electron chi connectivity index (χ4n) is 4.03.